The maximum Gasteiger partial charge on any atom is 0.150 e. The van der Waals surface area contributed by atoms with E-state index in [1.165, 1.54) is 0 Å². The Balaban J connectivity index is 3.18. The molecule has 0 aliphatic rings. The molecule has 0 fully saturated rings. The van der Waals surface area contributed by atoms with Crippen molar-refractivity contribution in [3.63, 3.8) is 0 Å². The second kappa shape index (κ2) is 8.38. The molecule has 2 heteroatoms. The van der Waals surface area contributed by atoms with Crippen LogP contribution in [-0.4, -0.2) is 11.4 Å². The topological polar surface area (TPSA) is 37.3 Å². The van der Waals surface area contributed by atoms with Gasteiger partial charge in [-0.1, -0.05) is 55.4 Å². The smallest absolute Gasteiger partial charge is 0.150 e. The first kappa shape index (κ1) is 21.7. The Morgan fingerprint density at radius 1 is 0.880 bits per heavy atom. The van der Waals surface area contributed by atoms with Crippen molar-refractivity contribution in [3.05, 3.63) is 28.8 Å². The molecule has 1 aromatic rings. The van der Waals surface area contributed by atoms with Crippen LogP contribution in [0.1, 0.15) is 89.7 Å². The third-order valence-corrected chi connectivity index (χ3v) is 4.69. The van der Waals surface area contributed by atoms with Crippen LogP contribution in [0.25, 0.3) is 0 Å². The summed E-state index contributed by atoms with van der Waals surface area (Å²) in [4.78, 5) is 11.4. The van der Waals surface area contributed by atoms with Gasteiger partial charge in [0.25, 0.3) is 0 Å². The lowest BCUT2D eigenvalue weighted by Crippen LogP contribution is -2.20. The van der Waals surface area contributed by atoms with Crippen LogP contribution in [-0.2, 0) is 12.8 Å². The van der Waals surface area contributed by atoms with E-state index in [-0.39, 0.29) is 10.8 Å². The number of hydrogen-bond acceptors (Lipinski definition) is 2. The molecule has 142 valence electrons. The first-order valence-electron chi connectivity index (χ1n) is 9.65. The monoisotopic (exact) mass is 346 g/mol. The summed E-state index contributed by atoms with van der Waals surface area (Å²) >= 11 is 0. The molecule has 0 aromatic heterocycles. The van der Waals surface area contributed by atoms with Gasteiger partial charge in [0.15, 0.2) is 0 Å². The standard InChI is InChI=1S/C23H38O2/c1-16(2)11-22(5,6)13-19-9-18(15-24)10-20(21(19)25)14-23(7,8)12-17(3)4/h9-10,15-17,25H,11-14H2,1-8H3. The predicted octanol–water partition coefficient (Wildman–Crippen LogP) is 6.43. The van der Waals surface area contributed by atoms with Gasteiger partial charge in [0, 0.05) is 5.56 Å². The minimum absolute atomic E-state index is 0.0951. The van der Waals surface area contributed by atoms with Crippen LogP contribution >= 0.6 is 0 Å². The van der Waals surface area contributed by atoms with Crippen LogP contribution in [0.15, 0.2) is 12.1 Å². The lowest BCUT2D eigenvalue weighted by atomic mass is 9.76. The van der Waals surface area contributed by atoms with Gasteiger partial charge in [-0.2, -0.15) is 0 Å². The largest absolute Gasteiger partial charge is 0.507 e. The maximum atomic E-state index is 11.4. The van der Waals surface area contributed by atoms with Crippen molar-refractivity contribution in [2.75, 3.05) is 0 Å². The van der Waals surface area contributed by atoms with Gasteiger partial charge in [-0.3, -0.25) is 4.79 Å². The van der Waals surface area contributed by atoms with Gasteiger partial charge in [0.05, 0.1) is 0 Å². The second-order valence-corrected chi connectivity index (χ2v) is 10.2. The highest BCUT2D eigenvalue weighted by Crippen LogP contribution is 2.38. The number of aromatic hydroxyl groups is 1. The van der Waals surface area contributed by atoms with E-state index in [0.717, 1.165) is 43.1 Å². The van der Waals surface area contributed by atoms with E-state index in [1.807, 2.05) is 12.1 Å². The number of carbonyl (C=O) groups is 1. The summed E-state index contributed by atoms with van der Waals surface area (Å²) in [6, 6.07) is 3.73. The van der Waals surface area contributed by atoms with E-state index in [0.29, 0.717) is 23.1 Å². The summed E-state index contributed by atoms with van der Waals surface area (Å²) in [5, 5.41) is 10.9. The minimum atomic E-state index is 0.0951. The molecular weight excluding hydrogens is 308 g/mol. The van der Waals surface area contributed by atoms with Crippen LogP contribution in [0.4, 0.5) is 0 Å². The van der Waals surface area contributed by atoms with Crippen LogP contribution < -0.4 is 0 Å². The fraction of sp³-hybridized carbons (Fsp3) is 0.696. The highest BCUT2D eigenvalue weighted by Gasteiger charge is 2.26. The number of phenols is 1. The van der Waals surface area contributed by atoms with Gasteiger partial charge in [-0.05, 0) is 71.6 Å². The van der Waals surface area contributed by atoms with E-state index in [9.17, 15) is 9.90 Å². The fourth-order valence-electron chi connectivity index (χ4n) is 4.51. The van der Waals surface area contributed by atoms with Crippen molar-refractivity contribution in [2.45, 2.75) is 81.1 Å². The predicted molar refractivity (Wildman–Crippen MR) is 107 cm³/mol. The van der Waals surface area contributed by atoms with E-state index in [2.05, 4.69) is 55.4 Å². The molecule has 1 rings (SSSR count). The van der Waals surface area contributed by atoms with Gasteiger partial charge < -0.3 is 5.11 Å². The molecule has 0 aliphatic carbocycles. The van der Waals surface area contributed by atoms with E-state index < -0.39 is 0 Å². The molecule has 0 amide bonds. The minimum Gasteiger partial charge on any atom is -0.507 e. The van der Waals surface area contributed by atoms with Crippen molar-refractivity contribution < 1.29 is 9.90 Å². The lowest BCUT2D eigenvalue weighted by molar-refractivity contribution is 0.112. The van der Waals surface area contributed by atoms with Gasteiger partial charge in [0.1, 0.15) is 12.0 Å². The molecule has 0 aliphatic heterocycles. The molecule has 0 radical (unpaired) electrons. The van der Waals surface area contributed by atoms with Crippen LogP contribution in [0, 0.1) is 22.7 Å². The summed E-state index contributed by atoms with van der Waals surface area (Å²) in [5.74, 6) is 1.60. The molecule has 0 heterocycles. The van der Waals surface area contributed by atoms with Crippen molar-refractivity contribution in [3.8, 4) is 5.75 Å². The number of phenolic OH excluding ortho intramolecular Hbond substituents is 1. The van der Waals surface area contributed by atoms with Crippen LogP contribution in [0.3, 0.4) is 0 Å². The van der Waals surface area contributed by atoms with E-state index in [4.69, 9.17) is 0 Å². The summed E-state index contributed by atoms with van der Waals surface area (Å²) in [7, 11) is 0. The molecule has 0 saturated carbocycles. The van der Waals surface area contributed by atoms with Crippen molar-refractivity contribution >= 4 is 6.29 Å². The highest BCUT2D eigenvalue weighted by molar-refractivity contribution is 5.76. The maximum absolute atomic E-state index is 11.4. The van der Waals surface area contributed by atoms with Gasteiger partial charge in [0.2, 0.25) is 0 Å². The van der Waals surface area contributed by atoms with Gasteiger partial charge in [-0.25, -0.2) is 0 Å². The molecule has 0 bridgehead atoms. The van der Waals surface area contributed by atoms with E-state index >= 15 is 0 Å². The molecule has 0 saturated heterocycles. The zero-order chi connectivity index (χ0) is 19.4. The third kappa shape index (κ3) is 7.22. The average Bonchev–Trinajstić information content (AvgIpc) is 2.39. The Morgan fingerprint density at radius 3 is 1.52 bits per heavy atom. The molecular formula is C23H38O2. The number of hydrogen-bond donors (Lipinski definition) is 1. The van der Waals surface area contributed by atoms with Gasteiger partial charge in [-0.15, -0.1) is 0 Å². The van der Waals surface area contributed by atoms with Crippen LogP contribution in [0.2, 0.25) is 0 Å². The Labute approximate surface area is 155 Å². The number of rotatable bonds is 9. The molecule has 25 heavy (non-hydrogen) atoms. The highest BCUT2D eigenvalue weighted by atomic mass is 16.3. The molecule has 1 N–H and O–H groups in total. The Morgan fingerprint density at radius 2 is 1.24 bits per heavy atom. The molecule has 0 spiro atoms. The van der Waals surface area contributed by atoms with Crippen molar-refractivity contribution in [1.82, 2.24) is 0 Å². The second-order valence-electron chi connectivity index (χ2n) is 10.2. The average molecular weight is 347 g/mol. The number of benzene rings is 1. The summed E-state index contributed by atoms with van der Waals surface area (Å²) in [5.41, 5.74) is 2.68. The molecule has 1 aromatic carbocycles. The molecule has 0 unspecified atom stereocenters. The summed E-state index contributed by atoms with van der Waals surface area (Å²) in [6.07, 6.45) is 4.65. The summed E-state index contributed by atoms with van der Waals surface area (Å²) < 4.78 is 0. The molecule has 2 nitrogen and oxygen atoms in total. The molecule has 0 atom stereocenters. The quantitative estimate of drug-likeness (QED) is 0.523. The SMILES string of the molecule is CC(C)CC(C)(C)Cc1cc(C=O)cc(CC(C)(C)CC(C)C)c1O. The number of carbonyl (C=O) groups excluding carboxylic acids is 1. The Bertz CT molecular complexity index is 535. The van der Waals surface area contributed by atoms with Gasteiger partial charge >= 0.3 is 0 Å². The first-order valence-corrected chi connectivity index (χ1v) is 9.65. The Hall–Kier alpha value is -1.31. The number of aldehydes is 1. The third-order valence-electron chi connectivity index (χ3n) is 4.69. The van der Waals surface area contributed by atoms with E-state index in [1.54, 1.807) is 0 Å². The zero-order valence-corrected chi connectivity index (χ0v) is 17.6. The fourth-order valence-corrected chi connectivity index (χ4v) is 4.51. The summed E-state index contributed by atoms with van der Waals surface area (Å²) in [6.45, 7) is 17.9. The first-order chi connectivity index (χ1) is 11.3. The van der Waals surface area contributed by atoms with Crippen molar-refractivity contribution in [2.24, 2.45) is 22.7 Å². The zero-order valence-electron chi connectivity index (χ0n) is 17.6. The normalized spacial score (nSPS) is 12.9. The Kier molecular flexibility index (Phi) is 7.28. The lowest BCUT2D eigenvalue weighted by Gasteiger charge is -2.30. The van der Waals surface area contributed by atoms with Crippen LogP contribution in [0.5, 0.6) is 5.75 Å². The van der Waals surface area contributed by atoms with Crippen molar-refractivity contribution in [1.29, 1.82) is 0 Å².